The molecule has 3 N–H and O–H groups in total. The molecule has 0 bridgehead atoms. The zero-order chi connectivity index (χ0) is 14.6. The van der Waals surface area contributed by atoms with Crippen molar-refractivity contribution in [2.45, 2.75) is 19.4 Å². The van der Waals surface area contributed by atoms with E-state index in [1.54, 1.807) is 6.92 Å². The number of carbonyl (C=O) groups is 1. The molecule has 1 rings (SSSR count). The van der Waals surface area contributed by atoms with Gasteiger partial charge in [-0.2, -0.15) is 0 Å². The Kier molecular flexibility index (Phi) is 4.76. The quantitative estimate of drug-likeness (QED) is 0.535. The van der Waals surface area contributed by atoms with Gasteiger partial charge >= 0.3 is 5.97 Å². The van der Waals surface area contributed by atoms with E-state index in [4.69, 9.17) is 10.2 Å². The third-order valence-electron chi connectivity index (χ3n) is 2.39. The number of hydrogen-bond acceptors (Lipinski definition) is 5. The first-order chi connectivity index (χ1) is 8.82. The summed E-state index contributed by atoms with van der Waals surface area (Å²) in [6, 6.07) is 1.44. The van der Waals surface area contributed by atoms with Gasteiger partial charge in [0.05, 0.1) is 11.0 Å². The van der Waals surface area contributed by atoms with Crippen molar-refractivity contribution in [2.75, 3.05) is 11.9 Å². The van der Waals surface area contributed by atoms with Crippen LogP contribution >= 0.6 is 0 Å². The molecule has 1 unspecified atom stereocenters. The zero-order valence-electron chi connectivity index (χ0n) is 10.1. The standard InChI is InChI=1S/C11H13FN2O5/c1-6(15)2-3-13-9-5-8(12)7(11(16)17)4-10(9)14(18)19/h4-6,13,15H,2-3H2,1H3,(H,16,17). The van der Waals surface area contributed by atoms with Crippen molar-refractivity contribution in [1.29, 1.82) is 0 Å². The molecule has 0 spiro atoms. The van der Waals surface area contributed by atoms with Gasteiger partial charge in [0.2, 0.25) is 0 Å². The van der Waals surface area contributed by atoms with E-state index >= 15 is 0 Å². The van der Waals surface area contributed by atoms with E-state index in [1.165, 1.54) is 0 Å². The van der Waals surface area contributed by atoms with Crippen LogP contribution in [0.25, 0.3) is 0 Å². The van der Waals surface area contributed by atoms with E-state index in [-0.39, 0.29) is 12.2 Å². The van der Waals surface area contributed by atoms with Crippen molar-refractivity contribution in [3.05, 3.63) is 33.6 Å². The summed E-state index contributed by atoms with van der Waals surface area (Å²) >= 11 is 0. The van der Waals surface area contributed by atoms with Gasteiger partial charge in [0.25, 0.3) is 5.69 Å². The van der Waals surface area contributed by atoms with Crippen LogP contribution in [0.5, 0.6) is 0 Å². The molecule has 0 saturated heterocycles. The lowest BCUT2D eigenvalue weighted by Crippen LogP contribution is -2.12. The SMILES string of the molecule is CC(O)CCNc1cc(F)c(C(=O)O)cc1[N+](=O)[O-]. The lowest BCUT2D eigenvalue weighted by molar-refractivity contribution is -0.384. The van der Waals surface area contributed by atoms with Crippen LogP contribution in [-0.4, -0.2) is 33.8 Å². The molecular weight excluding hydrogens is 259 g/mol. The number of halogens is 1. The average Bonchev–Trinajstić information content (AvgIpc) is 2.27. The normalized spacial score (nSPS) is 11.9. The third-order valence-corrected chi connectivity index (χ3v) is 2.39. The largest absolute Gasteiger partial charge is 0.478 e. The molecule has 0 amide bonds. The van der Waals surface area contributed by atoms with Crippen LogP contribution in [0.1, 0.15) is 23.7 Å². The predicted octanol–water partition coefficient (Wildman–Crippen LogP) is 1.61. The molecular formula is C11H13FN2O5. The molecule has 0 aliphatic rings. The number of nitro benzene ring substituents is 1. The Morgan fingerprint density at radius 2 is 2.21 bits per heavy atom. The molecule has 0 aliphatic heterocycles. The van der Waals surface area contributed by atoms with Crippen LogP contribution in [0.4, 0.5) is 15.8 Å². The summed E-state index contributed by atoms with van der Waals surface area (Å²) < 4.78 is 13.4. The summed E-state index contributed by atoms with van der Waals surface area (Å²) in [6.45, 7) is 1.74. The Hall–Kier alpha value is -2.22. The molecule has 8 heteroatoms. The molecule has 104 valence electrons. The van der Waals surface area contributed by atoms with Gasteiger partial charge in [-0.3, -0.25) is 10.1 Å². The molecule has 0 saturated carbocycles. The molecule has 1 atom stereocenters. The molecule has 0 aliphatic carbocycles. The van der Waals surface area contributed by atoms with Crippen molar-refractivity contribution < 1.29 is 24.3 Å². The minimum absolute atomic E-state index is 0.117. The maximum Gasteiger partial charge on any atom is 0.338 e. The third kappa shape index (κ3) is 3.88. The highest BCUT2D eigenvalue weighted by molar-refractivity contribution is 5.90. The number of aliphatic hydroxyl groups excluding tert-OH is 1. The van der Waals surface area contributed by atoms with Crippen molar-refractivity contribution in [1.82, 2.24) is 0 Å². The number of hydrogen-bond donors (Lipinski definition) is 3. The Morgan fingerprint density at radius 1 is 1.58 bits per heavy atom. The number of nitro groups is 1. The predicted molar refractivity (Wildman–Crippen MR) is 64.8 cm³/mol. The summed E-state index contributed by atoms with van der Waals surface area (Å²) in [6.07, 6.45) is -0.283. The highest BCUT2D eigenvalue weighted by atomic mass is 19.1. The van der Waals surface area contributed by atoms with Gasteiger partial charge in [0.15, 0.2) is 0 Å². The first-order valence-corrected chi connectivity index (χ1v) is 5.46. The summed E-state index contributed by atoms with van der Waals surface area (Å²) in [4.78, 5) is 20.7. The van der Waals surface area contributed by atoms with Gasteiger partial charge in [-0.25, -0.2) is 9.18 Å². The molecule has 0 heterocycles. The van der Waals surface area contributed by atoms with Gasteiger partial charge in [-0.1, -0.05) is 0 Å². The van der Waals surface area contributed by atoms with Gasteiger partial charge in [-0.05, 0) is 13.3 Å². The van der Waals surface area contributed by atoms with Crippen LogP contribution < -0.4 is 5.32 Å². The second-order valence-corrected chi connectivity index (χ2v) is 3.98. The van der Waals surface area contributed by atoms with E-state index in [0.717, 1.165) is 6.07 Å². The Balaban J connectivity index is 3.06. The summed E-state index contributed by atoms with van der Waals surface area (Å²) in [5, 5.41) is 31.2. The maximum absolute atomic E-state index is 13.4. The number of nitrogens with one attached hydrogen (secondary N) is 1. The van der Waals surface area contributed by atoms with E-state index in [9.17, 15) is 19.3 Å². The fourth-order valence-electron chi connectivity index (χ4n) is 1.43. The summed E-state index contributed by atoms with van der Waals surface area (Å²) in [7, 11) is 0. The van der Waals surface area contributed by atoms with Crippen molar-refractivity contribution >= 4 is 17.3 Å². The number of anilines is 1. The molecule has 0 aromatic heterocycles. The molecule has 0 fully saturated rings. The fraction of sp³-hybridized carbons (Fsp3) is 0.364. The number of rotatable bonds is 6. The number of aliphatic hydroxyl groups is 1. The zero-order valence-corrected chi connectivity index (χ0v) is 10.1. The highest BCUT2D eigenvalue weighted by Gasteiger charge is 2.21. The lowest BCUT2D eigenvalue weighted by atomic mass is 10.1. The van der Waals surface area contributed by atoms with E-state index in [2.05, 4.69) is 5.32 Å². The topological polar surface area (TPSA) is 113 Å². The monoisotopic (exact) mass is 272 g/mol. The van der Waals surface area contributed by atoms with E-state index < -0.39 is 34.1 Å². The number of nitrogens with zero attached hydrogens (tertiary/aromatic N) is 1. The van der Waals surface area contributed by atoms with E-state index in [1.807, 2.05) is 0 Å². The number of carboxylic acids is 1. The second kappa shape index (κ2) is 6.10. The van der Waals surface area contributed by atoms with Crippen LogP contribution in [0.15, 0.2) is 12.1 Å². The maximum atomic E-state index is 13.4. The van der Waals surface area contributed by atoms with Gasteiger partial charge in [0, 0.05) is 18.7 Å². The number of aromatic carboxylic acids is 1. The lowest BCUT2D eigenvalue weighted by Gasteiger charge is -2.09. The summed E-state index contributed by atoms with van der Waals surface area (Å²) in [5.74, 6) is -2.63. The van der Waals surface area contributed by atoms with Crippen LogP contribution in [0.3, 0.4) is 0 Å². The first-order valence-electron chi connectivity index (χ1n) is 5.46. The average molecular weight is 272 g/mol. The highest BCUT2D eigenvalue weighted by Crippen LogP contribution is 2.27. The number of carboxylic acid groups (broad SMARTS) is 1. The second-order valence-electron chi connectivity index (χ2n) is 3.98. The first kappa shape index (κ1) is 14.8. The Labute approximate surface area is 107 Å². The molecule has 1 aromatic rings. The fourth-order valence-corrected chi connectivity index (χ4v) is 1.43. The van der Waals surface area contributed by atoms with Crippen molar-refractivity contribution in [3.63, 3.8) is 0 Å². The minimum Gasteiger partial charge on any atom is -0.478 e. The van der Waals surface area contributed by atoms with Crippen LogP contribution in [0.2, 0.25) is 0 Å². The molecule has 1 aromatic carbocycles. The van der Waals surface area contributed by atoms with Crippen molar-refractivity contribution in [2.24, 2.45) is 0 Å². The Morgan fingerprint density at radius 3 is 2.68 bits per heavy atom. The van der Waals surface area contributed by atoms with Crippen LogP contribution in [-0.2, 0) is 0 Å². The van der Waals surface area contributed by atoms with E-state index in [0.29, 0.717) is 12.5 Å². The smallest absolute Gasteiger partial charge is 0.338 e. The van der Waals surface area contributed by atoms with Crippen molar-refractivity contribution in [3.8, 4) is 0 Å². The molecule has 7 nitrogen and oxygen atoms in total. The summed E-state index contributed by atoms with van der Waals surface area (Å²) in [5.41, 5.74) is -1.40. The molecule has 0 radical (unpaired) electrons. The Bertz CT molecular complexity index is 504. The van der Waals surface area contributed by atoms with Gasteiger partial charge < -0.3 is 15.5 Å². The van der Waals surface area contributed by atoms with Gasteiger partial charge in [0.1, 0.15) is 17.1 Å². The van der Waals surface area contributed by atoms with Crippen LogP contribution in [0, 0.1) is 15.9 Å². The molecule has 19 heavy (non-hydrogen) atoms. The van der Waals surface area contributed by atoms with Gasteiger partial charge in [-0.15, -0.1) is 0 Å². The number of benzene rings is 1. The minimum atomic E-state index is -1.57.